The van der Waals surface area contributed by atoms with E-state index < -0.39 is 23.8 Å². The highest BCUT2D eigenvalue weighted by molar-refractivity contribution is 6.31. The minimum atomic E-state index is -0.785. The van der Waals surface area contributed by atoms with Crippen LogP contribution in [-0.4, -0.2) is 85.2 Å². The Morgan fingerprint density at radius 2 is 1.91 bits per heavy atom. The first-order chi connectivity index (χ1) is 20.7. The van der Waals surface area contributed by atoms with Crippen molar-refractivity contribution in [3.05, 3.63) is 70.9 Å². The third-order valence-corrected chi connectivity index (χ3v) is 7.72. The van der Waals surface area contributed by atoms with Gasteiger partial charge in [-0.3, -0.25) is 10.1 Å². The van der Waals surface area contributed by atoms with Crippen molar-refractivity contribution < 1.29 is 27.9 Å². The highest BCUT2D eigenvalue weighted by Crippen LogP contribution is 2.22. The van der Waals surface area contributed by atoms with Crippen molar-refractivity contribution in [1.82, 2.24) is 25.4 Å². The van der Waals surface area contributed by atoms with Crippen LogP contribution in [-0.2, 0) is 16.0 Å². The third kappa shape index (κ3) is 9.75. The molecule has 2 heterocycles. The lowest BCUT2D eigenvalue weighted by Crippen LogP contribution is -2.50. The molecule has 4 amide bonds. The first-order valence-corrected chi connectivity index (χ1v) is 14.5. The summed E-state index contributed by atoms with van der Waals surface area (Å²) in [4.78, 5) is 45.5. The number of hydrogen-bond donors (Lipinski definition) is 3. The minimum absolute atomic E-state index is 0. The number of pyridine rings is 1. The molecule has 2 aromatic carbocycles. The first-order valence-electron chi connectivity index (χ1n) is 14.1. The predicted molar refractivity (Wildman–Crippen MR) is 167 cm³/mol. The molecule has 0 spiro atoms. The number of aryl methyl sites for hydroxylation is 1. The van der Waals surface area contributed by atoms with Crippen LogP contribution in [0.25, 0.3) is 10.8 Å². The number of amides is 4. The Morgan fingerprint density at radius 1 is 1.14 bits per heavy atom. The first kappa shape index (κ1) is 34.5. The molecule has 1 aromatic heterocycles. The molecule has 0 bridgehead atoms. The smallest absolute Gasteiger partial charge is 0.412 e. The Kier molecular flexibility index (Phi) is 13.1. The van der Waals surface area contributed by atoms with E-state index in [0.29, 0.717) is 48.8 Å². The predicted octanol–water partition coefficient (Wildman–Crippen LogP) is 5.21. The lowest BCUT2D eigenvalue weighted by molar-refractivity contribution is -0.132. The van der Waals surface area contributed by atoms with Gasteiger partial charge in [-0.2, -0.15) is 0 Å². The molecule has 0 aliphatic carbocycles. The van der Waals surface area contributed by atoms with E-state index in [1.165, 1.54) is 41.4 Å². The number of fused-ring (bicyclic) bond motifs is 1. The lowest BCUT2D eigenvalue weighted by atomic mass is 10.1. The molecule has 3 N–H and O–H groups in total. The Balaban J connectivity index is 0.00000529. The SMILES string of the molecule is C.CN(C(=O)CCc1cccc(F)c1Cl)[C@@H](CCCNC(=O)N1CCNCC1)COC(=O)Nc1cc2cc(F)ccc2cn1. The highest BCUT2D eigenvalue weighted by atomic mass is 35.5. The minimum Gasteiger partial charge on any atom is -0.447 e. The molecule has 0 saturated carbocycles. The van der Waals surface area contributed by atoms with Gasteiger partial charge in [-0.15, -0.1) is 0 Å². The summed E-state index contributed by atoms with van der Waals surface area (Å²) in [6.45, 7) is 3.01. The van der Waals surface area contributed by atoms with E-state index in [2.05, 4.69) is 20.9 Å². The Labute approximate surface area is 261 Å². The fraction of sp³-hybridized carbons (Fsp3) is 0.419. The zero-order valence-electron chi connectivity index (χ0n) is 23.9. The standard InChI is InChI=1S/C30H35ClF2N6O4.CH4/c1-38(27(40)10-8-20-4-2-6-25(33)28(20)31)24(5-3-11-35-29(41)39-14-12-34-13-15-39)19-43-30(42)37-26-17-22-16-23(32)9-7-21(22)18-36-26;/h2,4,6-7,9,16-18,24,34H,3,5,8,10-15,19H2,1H3,(H,35,41)(H,36,37,42);1H4/t24-;/m0./s1. The number of halogens is 3. The van der Waals surface area contributed by atoms with Gasteiger partial charge in [-0.1, -0.05) is 31.2 Å². The van der Waals surface area contributed by atoms with Crippen LogP contribution in [0.2, 0.25) is 5.02 Å². The van der Waals surface area contributed by atoms with Crippen LogP contribution in [0.4, 0.5) is 24.2 Å². The molecule has 44 heavy (non-hydrogen) atoms. The molecular formula is C31H39ClF2N6O4. The van der Waals surface area contributed by atoms with Crippen molar-refractivity contribution in [3.63, 3.8) is 0 Å². The molecule has 3 aromatic rings. The monoisotopic (exact) mass is 632 g/mol. The molecule has 1 fully saturated rings. The Bertz CT molecular complexity index is 1440. The number of nitrogens with one attached hydrogen (secondary N) is 3. The number of rotatable bonds is 11. The van der Waals surface area contributed by atoms with Crippen molar-refractivity contribution >= 4 is 46.2 Å². The molecule has 1 atom stereocenters. The third-order valence-electron chi connectivity index (χ3n) is 7.30. The fourth-order valence-electron chi connectivity index (χ4n) is 4.76. The number of benzene rings is 2. The largest absolute Gasteiger partial charge is 0.447 e. The summed E-state index contributed by atoms with van der Waals surface area (Å²) in [5.74, 6) is -1.01. The average Bonchev–Trinajstić information content (AvgIpc) is 3.01. The van der Waals surface area contributed by atoms with E-state index in [-0.39, 0.29) is 49.7 Å². The van der Waals surface area contributed by atoms with Crippen LogP contribution in [0, 0.1) is 11.6 Å². The van der Waals surface area contributed by atoms with Gasteiger partial charge in [-0.25, -0.2) is 23.4 Å². The number of aromatic nitrogens is 1. The number of carbonyl (C=O) groups excluding carboxylic acids is 3. The number of hydrogen-bond acceptors (Lipinski definition) is 6. The number of carbonyl (C=O) groups is 3. The Hall–Kier alpha value is -4.03. The highest BCUT2D eigenvalue weighted by Gasteiger charge is 2.23. The normalized spacial score (nSPS) is 13.5. The van der Waals surface area contributed by atoms with E-state index >= 15 is 0 Å². The fourth-order valence-corrected chi connectivity index (χ4v) is 4.98. The van der Waals surface area contributed by atoms with Crippen LogP contribution in [0.15, 0.2) is 48.7 Å². The summed E-state index contributed by atoms with van der Waals surface area (Å²) in [5.41, 5.74) is 0.522. The van der Waals surface area contributed by atoms with Gasteiger partial charge in [0.25, 0.3) is 0 Å². The maximum atomic E-state index is 13.8. The number of likely N-dealkylation sites (N-methyl/N-ethyl adjacent to an activating group) is 1. The molecule has 1 saturated heterocycles. The zero-order chi connectivity index (χ0) is 30.8. The summed E-state index contributed by atoms with van der Waals surface area (Å²) >= 11 is 6.05. The van der Waals surface area contributed by atoms with Gasteiger partial charge in [0.1, 0.15) is 24.1 Å². The van der Waals surface area contributed by atoms with Crippen molar-refractivity contribution in [1.29, 1.82) is 0 Å². The second kappa shape index (κ2) is 16.7. The van der Waals surface area contributed by atoms with Crippen molar-refractivity contribution in [3.8, 4) is 0 Å². The van der Waals surface area contributed by atoms with E-state index in [0.717, 1.165) is 13.1 Å². The van der Waals surface area contributed by atoms with E-state index in [4.69, 9.17) is 16.3 Å². The number of nitrogens with zero attached hydrogens (tertiary/aromatic N) is 3. The molecule has 0 radical (unpaired) electrons. The van der Waals surface area contributed by atoms with Crippen LogP contribution in [0.1, 0.15) is 32.3 Å². The van der Waals surface area contributed by atoms with Gasteiger partial charge in [0.15, 0.2) is 0 Å². The van der Waals surface area contributed by atoms with Crippen LogP contribution >= 0.6 is 11.6 Å². The van der Waals surface area contributed by atoms with E-state index in [1.54, 1.807) is 24.1 Å². The van der Waals surface area contributed by atoms with Crippen molar-refractivity contribution in [2.45, 2.75) is 39.2 Å². The van der Waals surface area contributed by atoms with Crippen molar-refractivity contribution in [2.24, 2.45) is 0 Å². The Morgan fingerprint density at radius 3 is 2.68 bits per heavy atom. The summed E-state index contributed by atoms with van der Waals surface area (Å²) in [5, 5.41) is 9.90. The van der Waals surface area contributed by atoms with Crippen LogP contribution < -0.4 is 16.0 Å². The van der Waals surface area contributed by atoms with E-state index in [9.17, 15) is 23.2 Å². The summed E-state index contributed by atoms with van der Waals surface area (Å²) in [6.07, 6.45) is 2.00. The number of ether oxygens (including phenoxy) is 1. The number of anilines is 1. The molecule has 1 aliphatic rings. The van der Waals surface area contributed by atoms with E-state index in [1.807, 2.05) is 0 Å². The maximum Gasteiger partial charge on any atom is 0.412 e. The second-order valence-corrected chi connectivity index (χ2v) is 10.6. The topological polar surface area (TPSA) is 116 Å². The van der Waals surface area contributed by atoms with Crippen molar-refractivity contribution in [2.75, 3.05) is 51.7 Å². The van der Waals surface area contributed by atoms with Crippen LogP contribution in [0.5, 0.6) is 0 Å². The molecule has 238 valence electrons. The number of piperazine rings is 1. The molecule has 13 heteroatoms. The van der Waals surface area contributed by atoms with Gasteiger partial charge < -0.3 is 25.2 Å². The molecule has 0 unspecified atom stereocenters. The zero-order valence-corrected chi connectivity index (χ0v) is 24.6. The van der Waals surface area contributed by atoms with Gasteiger partial charge >= 0.3 is 12.1 Å². The van der Waals surface area contributed by atoms with Gasteiger partial charge in [0, 0.05) is 57.8 Å². The summed E-state index contributed by atoms with van der Waals surface area (Å²) in [7, 11) is 1.61. The van der Waals surface area contributed by atoms with Gasteiger partial charge in [-0.05, 0) is 60.5 Å². The van der Waals surface area contributed by atoms with Gasteiger partial charge in [0.2, 0.25) is 5.91 Å². The maximum absolute atomic E-state index is 13.8. The lowest BCUT2D eigenvalue weighted by Gasteiger charge is -2.29. The molecule has 4 rings (SSSR count). The molecular weight excluding hydrogens is 594 g/mol. The number of urea groups is 1. The molecule has 1 aliphatic heterocycles. The second-order valence-electron chi connectivity index (χ2n) is 10.3. The summed E-state index contributed by atoms with van der Waals surface area (Å²) in [6, 6.07) is 9.59. The quantitative estimate of drug-likeness (QED) is 0.250. The average molecular weight is 633 g/mol. The molecule has 10 nitrogen and oxygen atoms in total. The van der Waals surface area contributed by atoms with Crippen LogP contribution in [0.3, 0.4) is 0 Å². The summed E-state index contributed by atoms with van der Waals surface area (Å²) < 4.78 is 32.9. The van der Waals surface area contributed by atoms with Gasteiger partial charge in [0.05, 0.1) is 11.1 Å².